The van der Waals surface area contributed by atoms with E-state index >= 15 is 0 Å². The predicted octanol–water partition coefficient (Wildman–Crippen LogP) is 0.465. The van der Waals surface area contributed by atoms with Gasteiger partial charge in [0.2, 0.25) is 0 Å². The zero-order valence-corrected chi connectivity index (χ0v) is 12.5. The van der Waals surface area contributed by atoms with Gasteiger partial charge in [0.25, 0.3) is 0 Å². The summed E-state index contributed by atoms with van der Waals surface area (Å²) in [4.78, 5) is 18.5. The summed E-state index contributed by atoms with van der Waals surface area (Å²) in [5.41, 5.74) is 7.04. The van der Waals surface area contributed by atoms with Gasteiger partial charge < -0.3 is 15.1 Å². The summed E-state index contributed by atoms with van der Waals surface area (Å²) in [7, 11) is 0. The largest absolute Gasteiger partial charge is 0.378 e. The van der Waals surface area contributed by atoms with Crippen LogP contribution in [0.3, 0.4) is 0 Å². The van der Waals surface area contributed by atoms with E-state index in [1.54, 1.807) is 6.92 Å². The van der Waals surface area contributed by atoms with E-state index in [4.69, 9.17) is 4.74 Å². The number of hydrogen-bond donors (Lipinski definition) is 2. The van der Waals surface area contributed by atoms with E-state index in [1.165, 1.54) is 0 Å². The molecule has 0 saturated carbocycles. The van der Waals surface area contributed by atoms with Gasteiger partial charge in [-0.3, -0.25) is 9.79 Å². The zero-order chi connectivity index (χ0) is 14.5. The molecule has 0 spiro atoms. The van der Waals surface area contributed by atoms with E-state index in [-0.39, 0.29) is 17.9 Å². The fraction of sp³-hybridized carbons (Fsp3) is 0.714. The number of rotatable bonds is 2. The number of hydrazine groups is 1. The van der Waals surface area contributed by atoms with E-state index in [1.807, 2.05) is 13.0 Å². The minimum atomic E-state index is -0.000961. The first kappa shape index (κ1) is 15.0. The van der Waals surface area contributed by atoms with Crippen LogP contribution in [-0.4, -0.2) is 54.8 Å². The van der Waals surface area contributed by atoms with Gasteiger partial charge >= 0.3 is 0 Å². The first-order valence-electron chi connectivity index (χ1n) is 7.21. The van der Waals surface area contributed by atoms with Crippen LogP contribution in [0.2, 0.25) is 0 Å². The molecule has 2 N–H and O–H groups in total. The SMILES string of the molecule is CC(=O)C1=N/C(C)C[C@H](C)NN/C(N2CCOCC2)=C\1. The highest BCUT2D eigenvalue weighted by atomic mass is 16.5. The molecule has 2 aliphatic rings. The maximum atomic E-state index is 11.8. The first-order chi connectivity index (χ1) is 9.56. The lowest BCUT2D eigenvalue weighted by molar-refractivity contribution is -0.111. The van der Waals surface area contributed by atoms with Gasteiger partial charge in [-0.1, -0.05) is 0 Å². The average molecular weight is 280 g/mol. The summed E-state index contributed by atoms with van der Waals surface area (Å²) in [5, 5.41) is 0. The Morgan fingerprint density at radius 2 is 2.10 bits per heavy atom. The average Bonchev–Trinajstić information content (AvgIpc) is 2.49. The summed E-state index contributed by atoms with van der Waals surface area (Å²) < 4.78 is 5.37. The second kappa shape index (κ2) is 6.85. The highest BCUT2D eigenvalue weighted by Crippen LogP contribution is 2.10. The zero-order valence-electron chi connectivity index (χ0n) is 12.5. The molecular formula is C14H24N4O2. The molecule has 0 amide bonds. The number of ketones is 1. The van der Waals surface area contributed by atoms with E-state index in [9.17, 15) is 4.79 Å². The smallest absolute Gasteiger partial charge is 0.177 e. The minimum absolute atomic E-state index is 0.000961. The lowest BCUT2D eigenvalue weighted by Gasteiger charge is -2.32. The van der Waals surface area contributed by atoms with Crippen molar-refractivity contribution in [1.29, 1.82) is 0 Å². The second-order valence-corrected chi connectivity index (χ2v) is 5.45. The third-order valence-corrected chi connectivity index (χ3v) is 3.49. The molecule has 0 bridgehead atoms. The van der Waals surface area contributed by atoms with Crippen LogP contribution in [0.1, 0.15) is 27.2 Å². The van der Waals surface area contributed by atoms with Gasteiger partial charge in [-0.2, -0.15) is 0 Å². The number of hydrogen-bond acceptors (Lipinski definition) is 6. The molecule has 20 heavy (non-hydrogen) atoms. The molecule has 2 aliphatic heterocycles. The Labute approximate surface area is 120 Å². The fourth-order valence-electron chi connectivity index (χ4n) is 2.43. The molecule has 0 aliphatic carbocycles. The molecule has 112 valence electrons. The molecule has 1 saturated heterocycles. The minimum Gasteiger partial charge on any atom is -0.378 e. The van der Waals surface area contributed by atoms with Crippen molar-refractivity contribution in [3.05, 3.63) is 11.9 Å². The Bertz CT molecular complexity index is 413. The van der Waals surface area contributed by atoms with Crippen LogP contribution in [0, 0.1) is 0 Å². The monoisotopic (exact) mass is 280 g/mol. The summed E-state index contributed by atoms with van der Waals surface area (Å²) >= 11 is 0. The van der Waals surface area contributed by atoms with Gasteiger partial charge in [-0.15, -0.1) is 0 Å². The normalized spacial score (nSPS) is 33.6. The number of morpholine rings is 1. The van der Waals surface area contributed by atoms with Crippen molar-refractivity contribution in [3.63, 3.8) is 0 Å². The van der Waals surface area contributed by atoms with Crippen molar-refractivity contribution in [2.75, 3.05) is 26.3 Å². The van der Waals surface area contributed by atoms with Gasteiger partial charge in [0.15, 0.2) is 5.78 Å². The molecule has 1 unspecified atom stereocenters. The summed E-state index contributed by atoms with van der Waals surface area (Å²) in [6.07, 6.45) is 2.73. The van der Waals surface area contributed by atoms with E-state index in [0.717, 1.165) is 25.3 Å². The maximum Gasteiger partial charge on any atom is 0.177 e. The van der Waals surface area contributed by atoms with Gasteiger partial charge in [-0.05, 0) is 20.3 Å². The van der Waals surface area contributed by atoms with Crippen LogP contribution in [0.15, 0.2) is 16.9 Å². The highest BCUT2D eigenvalue weighted by Gasteiger charge is 2.19. The second-order valence-electron chi connectivity index (χ2n) is 5.45. The molecule has 0 aromatic carbocycles. The lowest BCUT2D eigenvalue weighted by Crippen LogP contribution is -2.47. The summed E-state index contributed by atoms with van der Waals surface area (Å²) in [6.45, 7) is 8.75. The standard InChI is InChI=1S/C14H24N4O2/c1-10-8-11(2)16-17-14(9-13(15-10)12(3)19)18-4-6-20-7-5-18/h9-11,16-17H,4-8H2,1-3H3/b14-9+,15-13+/t10?,11-/m0/s1. The maximum absolute atomic E-state index is 11.8. The van der Waals surface area contributed by atoms with E-state index in [0.29, 0.717) is 18.9 Å². The molecule has 0 aromatic heterocycles. The molecule has 2 atom stereocenters. The van der Waals surface area contributed by atoms with Crippen molar-refractivity contribution >= 4 is 11.5 Å². The Balaban J connectivity index is 2.25. The molecular weight excluding hydrogens is 256 g/mol. The summed E-state index contributed by atoms with van der Waals surface area (Å²) in [5.74, 6) is 0.891. The Kier molecular flexibility index (Phi) is 5.14. The molecule has 0 aromatic rings. The fourth-order valence-corrected chi connectivity index (χ4v) is 2.43. The topological polar surface area (TPSA) is 66.0 Å². The van der Waals surface area contributed by atoms with Crippen LogP contribution < -0.4 is 10.9 Å². The van der Waals surface area contributed by atoms with Crippen LogP contribution in [0.25, 0.3) is 0 Å². The number of nitrogens with zero attached hydrogens (tertiary/aromatic N) is 2. The van der Waals surface area contributed by atoms with Crippen molar-refractivity contribution in [2.24, 2.45) is 4.99 Å². The van der Waals surface area contributed by atoms with Crippen molar-refractivity contribution in [1.82, 2.24) is 15.8 Å². The van der Waals surface area contributed by atoms with Crippen LogP contribution in [-0.2, 0) is 9.53 Å². The number of aliphatic imine (C=N–C) groups is 1. The van der Waals surface area contributed by atoms with Crippen LogP contribution in [0.4, 0.5) is 0 Å². The Morgan fingerprint density at radius 1 is 1.40 bits per heavy atom. The quantitative estimate of drug-likeness (QED) is 0.769. The van der Waals surface area contributed by atoms with Gasteiger partial charge in [0.05, 0.1) is 13.2 Å². The van der Waals surface area contributed by atoms with E-state index < -0.39 is 0 Å². The number of allylic oxidation sites excluding steroid dienone is 1. The van der Waals surface area contributed by atoms with Crippen LogP contribution in [0.5, 0.6) is 0 Å². The molecule has 2 heterocycles. The molecule has 6 nitrogen and oxygen atoms in total. The number of Topliss-reactive ketones (excluding diaryl/α,β-unsaturated/α-hetero) is 1. The van der Waals surface area contributed by atoms with E-state index in [2.05, 4.69) is 27.7 Å². The number of nitrogens with one attached hydrogen (secondary N) is 2. The molecule has 0 radical (unpaired) electrons. The van der Waals surface area contributed by atoms with Crippen molar-refractivity contribution in [2.45, 2.75) is 39.3 Å². The Hall–Kier alpha value is -1.40. The van der Waals surface area contributed by atoms with Crippen LogP contribution >= 0.6 is 0 Å². The lowest BCUT2D eigenvalue weighted by atomic mass is 10.1. The third kappa shape index (κ3) is 4.05. The van der Waals surface area contributed by atoms with Gasteiger partial charge in [-0.25, -0.2) is 5.43 Å². The predicted molar refractivity (Wildman–Crippen MR) is 78.4 cm³/mol. The third-order valence-electron chi connectivity index (χ3n) is 3.49. The number of carbonyl (C=O) groups is 1. The van der Waals surface area contributed by atoms with Gasteiger partial charge in [0.1, 0.15) is 11.5 Å². The first-order valence-corrected chi connectivity index (χ1v) is 7.21. The highest BCUT2D eigenvalue weighted by molar-refractivity contribution is 6.43. The number of carbonyl (C=O) groups excluding carboxylic acids is 1. The molecule has 1 fully saturated rings. The van der Waals surface area contributed by atoms with Crippen molar-refractivity contribution < 1.29 is 9.53 Å². The molecule has 2 rings (SSSR count). The summed E-state index contributed by atoms with van der Waals surface area (Å²) in [6, 6.07) is 0.406. The molecule has 6 heteroatoms. The Morgan fingerprint density at radius 3 is 2.75 bits per heavy atom. The number of ether oxygens (including phenoxy) is 1. The van der Waals surface area contributed by atoms with Crippen molar-refractivity contribution in [3.8, 4) is 0 Å². The van der Waals surface area contributed by atoms with Gasteiger partial charge in [0, 0.05) is 38.2 Å².